The average molecular weight is 321 g/mol. The summed E-state index contributed by atoms with van der Waals surface area (Å²) < 4.78 is 0. The first-order valence-corrected chi connectivity index (χ1v) is 8.53. The van der Waals surface area contributed by atoms with Crippen molar-refractivity contribution >= 4 is 34.3 Å². The number of para-hydroxylation sites is 1. The van der Waals surface area contributed by atoms with Crippen molar-refractivity contribution in [3.63, 3.8) is 0 Å². The maximum Gasteiger partial charge on any atom is 0.277 e. The van der Waals surface area contributed by atoms with Gasteiger partial charge in [0.05, 0.1) is 11.4 Å². The Labute approximate surface area is 138 Å². The van der Waals surface area contributed by atoms with Crippen LogP contribution >= 0.6 is 11.3 Å². The van der Waals surface area contributed by atoms with Crippen LogP contribution in [0.3, 0.4) is 0 Å². The molecule has 4 rings (SSSR count). The largest absolute Gasteiger partial charge is 0.309 e. The number of anilines is 1. The van der Waals surface area contributed by atoms with Gasteiger partial charge in [0.2, 0.25) is 0 Å². The number of benzene rings is 1. The van der Waals surface area contributed by atoms with Gasteiger partial charge in [-0.2, -0.15) is 5.26 Å². The Morgan fingerprint density at radius 3 is 2.87 bits per heavy atom. The van der Waals surface area contributed by atoms with Crippen LogP contribution in [0.25, 0.3) is 0 Å². The zero-order chi connectivity index (χ0) is 16.0. The second-order valence-electron chi connectivity index (χ2n) is 5.84. The number of aryl methyl sites for hydroxylation is 1. The van der Waals surface area contributed by atoms with Crippen molar-refractivity contribution in [2.75, 3.05) is 11.9 Å². The van der Waals surface area contributed by atoms with Gasteiger partial charge >= 0.3 is 0 Å². The molecule has 0 unspecified atom stereocenters. The molecule has 0 N–H and O–H groups in total. The van der Waals surface area contributed by atoms with Gasteiger partial charge in [-0.3, -0.25) is 4.79 Å². The summed E-state index contributed by atoms with van der Waals surface area (Å²) >= 11 is 1.54. The lowest BCUT2D eigenvalue weighted by Gasteiger charge is -2.11. The number of nitrogens with zero attached hydrogens (tertiary/aromatic N) is 3. The van der Waals surface area contributed by atoms with Crippen LogP contribution in [0.2, 0.25) is 0 Å². The fourth-order valence-electron chi connectivity index (χ4n) is 3.31. The number of thiophene rings is 1. The highest BCUT2D eigenvalue weighted by Gasteiger charge is 2.32. The maximum atomic E-state index is 12.6. The van der Waals surface area contributed by atoms with Crippen LogP contribution in [0, 0.1) is 11.3 Å². The molecular weight excluding hydrogens is 306 g/mol. The Balaban J connectivity index is 1.91. The Kier molecular flexibility index (Phi) is 3.28. The highest BCUT2D eigenvalue weighted by atomic mass is 32.1. The van der Waals surface area contributed by atoms with Crippen molar-refractivity contribution in [2.24, 2.45) is 4.99 Å². The van der Waals surface area contributed by atoms with Gasteiger partial charge < -0.3 is 4.90 Å². The number of fused-ring (bicyclic) bond motifs is 2. The highest BCUT2D eigenvalue weighted by molar-refractivity contribution is 7.13. The van der Waals surface area contributed by atoms with Gasteiger partial charge in [0, 0.05) is 17.5 Å². The van der Waals surface area contributed by atoms with Crippen molar-refractivity contribution in [2.45, 2.75) is 25.7 Å². The topological polar surface area (TPSA) is 56.5 Å². The standard InChI is InChI=1S/C18H15N3OS/c1-21-13-8-4-2-6-11(13)17(18(21)22)20-16-12-7-3-5-9-14(12)23-15(16)10-19/h2,4,6,8H,3,5,7,9H2,1H3. The van der Waals surface area contributed by atoms with Gasteiger partial charge in [-0.1, -0.05) is 18.2 Å². The molecule has 0 saturated carbocycles. The molecule has 1 aliphatic heterocycles. The quantitative estimate of drug-likeness (QED) is 0.806. The van der Waals surface area contributed by atoms with Crippen LogP contribution in [0.5, 0.6) is 0 Å². The molecule has 0 spiro atoms. The monoisotopic (exact) mass is 321 g/mol. The Morgan fingerprint density at radius 1 is 1.26 bits per heavy atom. The van der Waals surface area contributed by atoms with Gasteiger partial charge in [0.25, 0.3) is 5.91 Å². The summed E-state index contributed by atoms with van der Waals surface area (Å²) in [5.41, 5.74) is 4.06. The minimum Gasteiger partial charge on any atom is -0.309 e. The molecule has 1 amide bonds. The molecule has 2 aliphatic rings. The molecule has 114 valence electrons. The molecule has 4 nitrogen and oxygen atoms in total. The lowest BCUT2D eigenvalue weighted by Crippen LogP contribution is -2.25. The van der Waals surface area contributed by atoms with E-state index < -0.39 is 0 Å². The van der Waals surface area contributed by atoms with E-state index in [1.807, 2.05) is 24.3 Å². The summed E-state index contributed by atoms with van der Waals surface area (Å²) in [5.74, 6) is -0.106. The molecule has 1 aromatic carbocycles. The number of carbonyl (C=O) groups is 1. The van der Waals surface area contributed by atoms with Crippen LogP contribution < -0.4 is 4.90 Å². The molecule has 0 radical (unpaired) electrons. The van der Waals surface area contributed by atoms with Crippen molar-refractivity contribution < 1.29 is 4.79 Å². The summed E-state index contributed by atoms with van der Waals surface area (Å²) in [7, 11) is 1.76. The van der Waals surface area contributed by atoms with E-state index in [2.05, 4.69) is 11.1 Å². The first-order valence-electron chi connectivity index (χ1n) is 7.71. The van der Waals surface area contributed by atoms with Gasteiger partial charge in [-0.25, -0.2) is 4.99 Å². The maximum absolute atomic E-state index is 12.6. The van der Waals surface area contributed by atoms with Crippen LogP contribution in [0.15, 0.2) is 29.3 Å². The molecule has 0 saturated heterocycles. The molecule has 0 atom stereocenters. The molecule has 23 heavy (non-hydrogen) atoms. The highest BCUT2D eigenvalue weighted by Crippen LogP contribution is 2.41. The third-order valence-electron chi connectivity index (χ3n) is 4.50. The summed E-state index contributed by atoms with van der Waals surface area (Å²) in [5, 5.41) is 9.45. The summed E-state index contributed by atoms with van der Waals surface area (Å²) in [6.07, 6.45) is 4.26. The van der Waals surface area contributed by atoms with Crippen LogP contribution in [-0.2, 0) is 17.6 Å². The average Bonchev–Trinajstić information content (AvgIpc) is 3.06. The van der Waals surface area contributed by atoms with E-state index in [4.69, 9.17) is 0 Å². The molecule has 2 aromatic rings. The smallest absolute Gasteiger partial charge is 0.277 e. The summed E-state index contributed by atoms with van der Waals surface area (Å²) in [6, 6.07) is 9.93. The van der Waals surface area contributed by atoms with E-state index in [-0.39, 0.29) is 5.91 Å². The third-order valence-corrected chi connectivity index (χ3v) is 5.68. The van der Waals surface area contributed by atoms with Crippen molar-refractivity contribution in [3.05, 3.63) is 45.1 Å². The Morgan fingerprint density at radius 2 is 2.04 bits per heavy atom. The van der Waals surface area contributed by atoms with Crippen LogP contribution in [0.1, 0.15) is 33.7 Å². The second-order valence-corrected chi connectivity index (χ2v) is 6.95. The Hall–Kier alpha value is -2.45. The van der Waals surface area contributed by atoms with Crippen molar-refractivity contribution in [1.82, 2.24) is 0 Å². The number of carbonyl (C=O) groups excluding carboxylic acids is 1. The fourth-order valence-corrected chi connectivity index (χ4v) is 4.44. The number of amides is 1. The number of nitriles is 1. The number of hydrogen-bond donors (Lipinski definition) is 0. The fraction of sp³-hybridized carbons (Fsp3) is 0.278. The lowest BCUT2D eigenvalue weighted by molar-refractivity contribution is -0.111. The van der Waals surface area contributed by atoms with E-state index in [1.165, 1.54) is 28.2 Å². The zero-order valence-corrected chi connectivity index (χ0v) is 13.6. The number of likely N-dealkylation sites (N-methyl/N-ethyl adjacent to an activating group) is 1. The predicted molar refractivity (Wildman–Crippen MR) is 91.7 cm³/mol. The summed E-state index contributed by atoms with van der Waals surface area (Å²) in [6.45, 7) is 0. The van der Waals surface area contributed by atoms with Gasteiger partial charge in [-0.15, -0.1) is 11.3 Å². The van der Waals surface area contributed by atoms with Crippen molar-refractivity contribution in [3.8, 4) is 6.07 Å². The normalized spacial score (nSPS) is 18.0. The van der Waals surface area contributed by atoms with Gasteiger partial charge in [0.1, 0.15) is 16.7 Å². The molecule has 0 fully saturated rings. The molecule has 5 heteroatoms. The lowest BCUT2D eigenvalue weighted by atomic mass is 9.97. The van der Waals surface area contributed by atoms with E-state index >= 15 is 0 Å². The molecule has 0 bridgehead atoms. The van der Waals surface area contributed by atoms with Crippen LogP contribution in [0.4, 0.5) is 11.4 Å². The van der Waals surface area contributed by atoms with E-state index in [0.29, 0.717) is 10.6 Å². The van der Waals surface area contributed by atoms with E-state index in [0.717, 1.165) is 36.2 Å². The number of rotatable bonds is 1. The number of aliphatic imine (C=N–C) groups is 1. The third kappa shape index (κ3) is 2.10. The first kappa shape index (κ1) is 14.2. The first-order chi connectivity index (χ1) is 11.2. The Bertz CT molecular complexity index is 888. The van der Waals surface area contributed by atoms with E-state index in [1.54, 1.807) is 11.9 Å². The van der Waals surface area contributed by atoms with Gasteiger partial charge in [0.15, 0.2) is 0 Å². The molecule has 2 heterocycles. The molecule has 1 aliphatic carbocycles. The minimum absolute atomic E-state index is 0.106. The second kappa shape index (κ2) is 5.32. The number of hydrogen-bond acceptors (Lipinski definition) is 4. The summed E-state index contributed by atoms with van der Waals surface area (Å²) in [4.78, 5) is 20.8. The molecular formula is C18H15N3OS. The predicted octanol–water partition coefficient (Wildman–Crippen LogP) is 3.60. The van der Waals surface area contributed by atoms with Crippen molar-refractivity contribution in [1.29, 1.82) is 5.26 Å². The van der Waals surface area contributed by atoms with Gasteiger partial charge in [-0.05, 0) is 37.3 Å². The SMILES string of the molecule is CN1C(=O)C(=Nc2c(C#N)sc3c2CCCC3)c2ccccc21. The van der Waals surface area contributed by atoms with E-state index in [9.17, 15) is 10.1 Å². The molecule has 1 aromatic heterocycles. The van der Waals surface area contributed by atoms with Crippen LogP contribution in [-0.4, -0.2) is 18.7 Å². The zero-order valence-electron chi connectivity index (χ0n) is 12.8. The minimum atomic E-state index is -0.106.